The van der Waals surface area contributed by atoms with Gasteiger partial charge in [0.25, 0.3) is 5.91 Å². The van der Waals surface area contributed by atoms with Crippen molar-refractivity contribution in [2.45, 2.75) is 0 Å². The molecule has 0 atom stereocenters. The van der Waals surface area contributed by atoms with Crippen LogP contribution in [-0.4, -0.2) is 50.2 Å². The van der Waals surface area contributed by atoms with Crippen molar-refractivity contribution in [3.8, 4) is 0 Å². The third kappa shape index (κ3) is 4.93. The number of carbonyl (C=O) groups is 1. The molecule has 0 spiro atoms. The van der Waals surface area contributed by atoms with E-state index in [-0.39, 0.29) is 5.91 Å². The molecule has 7 heteroatoms. The predicted molar refractivity (Wildman–Crippen MR) is 90.3 cm³/mol. The van der Waals surface area contributed by atoms with Gasteiger partial charge in [-0.3, -0.25) is 4.79 Å². The Morgan fingerprint density at radius 1 is 1.22 bits per heavy atom. The zero-order valence-corrected chi connectivity index (χ0v) is 13.5. The molecular weight excluding hydrogens is 294 g/mol. The molecule has 0 saturated carbocycles. The number of hydrogen-bond acceptors (Lipinski definition) is 6. The lowest BCUT2D eigenvalue weighted by molar-refractivity contribution is 0.0932. The van der Waals surface area contributed by atoms with Crippen molar-refractivity contribution in [3.63, 3.8) is 0 Å². The van der Waals surface area contributed by atoms with E-state index in [1.54, 1.807) is 13.2 Å². The number of ether oxygens (including phenoxy) is 1. The van der Waals surface area contributed by atoms with Crippen LogP contribution in [0.2, 0.25) is 0 Å². The highest BCUT2D eigenvalue weighted by Gasteiger charge is 2.08. The smallest absolute Gasteiger partial charge is 0.270 e. The van der Waals surface area contributed by atoms with E-state index in [9.17, 15) is 4.79 Å². The van der Waals surface area contributed by atoms with Crippen molar-refractivity contribution in [1.29, 1.82) is 0 Å². The van der Waals surface area contributed by atoms with Crippen LogP contribution in [0.25, 0.3) is 0 Å². The molecule has 2 N–H and O–H groups in total. The quantitative estimate of drug-likeness (QED) is 0.757. The first-order chi connectivity index (χ1) is 11.1. The van der Waals surface area contributed by atoms with Gasteiger partial charge in [0.2, 0.25) is 0 Å². The SMILES string of the molecule is COCCNC(=O)c1cc(Nc2ccc(N(C)C)cc2)ncn1. The molecule has 0 bridgehead atoms. The number of aromatic nitrogens is 2. The molecule has 122 valence electrons. The Morgan fingerprint density at radius 3 is 2.61 bits per heavy atom. The molecule has 0 aliphatic rings. The molecule has 1 aromatic heterocycles. The minimum absolute atomic E-state index is 0.254. The van der Waals surface area contributed by atoms with Gasteiger partial charge in [0, 0.05) is 45.2 Å². The summed E-state index contributed by atoms with van der Waals surface area (Å²) in [7, 11) is 5.56. The standard InChI is InChI=1S/C16H21N5O2/c1-21(2)13-6-4-12(5-7-13)20-15-10-14(18-11-19-15)16(22)17-8-9-23-3/h4-7,10-11H,8-9H2,1-3H3,(H,17,22)(H,18,19,20). The average Bonchev–Trinajstić information content (AvgIpc) is 2.56. The van der Waals surface area contributed by atoms with Gasteiger partial charge in [0.1, 0.15) is 17.8 Å². The van der Waals surface area contributed by atoms with E-state index in [4.69, 9.17) is 4.74 Å². The van der Waals surface area contributed by atoms with Crippen LogP contribution >= 0.6 is 0 Å². The second kappa shape index (κ2) is 8.09. The molecule has 1 heterocycles. The number of nitrogens with one attached hydrogen (secondary N) is 2. The first kappa shape index (κ1) is 16.7. The van der Waals surface area contributed by atoms with Crippen LogP contribution in [0, 0.1) is 0 Å². The van der Waals surface area contributed by atoms with Crippen LogP contribution in [-0.2, 0) is 4.74 Å². The Labute approximate surface area is 135 Å². The number of anilines is 3. The van der Waals surface area contributed by atoms with E-state index in [0.717, 1.165) is 11.4 Å². The van der Waals surface area contributed by atoms with Gasteiger partial charge in [-0.05, 0) is 24.3 Å². The number of rotatable bonds is 7. The number of nitrogens with zero attached hydrogens (tertiary/aromatic N) is 3. The summed E-state index contributed by atoms with van der Waals surface area (Å²) in [5.74, 6) is 0.310. The molecule has 7 nitrogen and oxygen atoms in total. The second-order valence-electron chi connectivity index (χ2n) is 5.10. The Hall–Kier alpha value is -2.67. The first-order valence-corrected chi connectivity index (χ1v) is 7.23. The fraction of sp³-hybridized carbons (Fsp3) is 0.312. The first-order valence-electron chi connectivity index (χ1n) is 7.23. The van der Waals surface area contributed by atoms with Gasteiger partial charge in [-0.1, -0.05) is 0 Å². The van der Waals surface area contributed by atoms with Crippen molar-refractivity contribution in [3.05, 3.63) is 42.4 Å². The highest BCUT2D eigenvalue weighted by Crippen LogP contribution is 2.19. The molecule has 0 fully saturated rings. The summed E-state index contributed by atoms with van der Waals surface area (Å²) in [5, 5.41) is 5.88. The summed E-state index contributed by atoms with van der Waals surface area (Å²) in [6.45, 7) is 0.897. The minimum atomic E-state index is -0.254. The normalized spacial score (nSPS) is 10.2. The van der Waals surface area contributed by atoms with Gasteiger partial charge >= 0.3 is 0 Å². The highest BCUT2D eigenvalue weighted by molar-refractivity contribution is 5.92. The molecule has 23 heavy (non-hydrogen) atoms. The third-order valence-electron chi connectivity index (χ3n) is 3.15. The third-order valence-corrected chi connectivity index (χ3v) is 3.15. The van der Waals surface area contributed by atoms with E-state index >= 15 is 0 Å². The monoisotopic (exact) mass is 315 g/mol. The topological polar surface area (TPSA) is 79.4 Å². The maximum Gasteiger partial charge on any atom is 0.270 e. The maximum absolute atomic E-state index is 12.0. The van der Waals surface area contributed by atoms with Gasteiger partial charge in [-0.25, -0.2) is 9.97 Å². The predicted octanol–water partition coefficient (Wildman–Crippen LogP) is 1.66. The molecule has 2 rings (SSSR count). The molecule has 2 aromatic rings. The van der Waals surface area contributed by atoms with Crippen molar-refractivity contribution in [1.82, 2.24) is 15.3 Å². The van der Waals surface area contributed by atoms with Gasteiger partial charge in [0.05, 0.1) is 6.61 Å². The summed E-state index contributed by atoms with van der Waals surface area (Å²) < 4.78 is 4.89. The fourth-order valence-electron chi connectivity index (χ4n) is 1.90. The summed E-state index contributed by atoms with van der Waals surface area (Å²) >= 11 is 0. The van der Waals surface area contributed by atoms with Crippen LogP contribution in [0.1, 0.15) is 10.5 Å². The highest BCUT2D eigenvalue weighted by atomic mass is 16.5. The Kier molecular flexibility index (Phi) is 5.87. The van der Waals surface area contributed by atoms with E-state index < -0.39 is 0 Å². The van der Waals surface area contributed by atoms with Crippen LogP contribution in [0.3, 0.4) is 0 Å². The zero-order valence-electron chi connectivity index (χ0n) is 13.5. The lowest BCUT2D eigenvalue weighted by atomic mass is 10.2. The van der Waals surface area contributed by atoms with Crippen molar-refractivity contribution < 1.29 is 9.53 Å². The summed E-state index contributed by atoms with van der Waals surface area (Å²) in [6.07, 6.45) is 1.36. The molecule has 1 amide bonds. The van der Waals surface area contributed by atoms with Crippen LogP contribution in [0.15, 0.2) is 36.7 Å². The van der Waals surface area contributed by atoms with Crippen molar-refractivity contribution >= 4 is 23.1 Å². The molecule has 0 radical (unpaired) electrons. The second-order valence-corrected chi connectivity index (χ2v) is 5.10. The molecule has 0 aliphatic carbocycles. The Balaban J connectivity index is 2.03. The van der Waals surface area contributed by atoms with Crippen LogP contribution in [0.4, 0.5) is 17.2 Å². The van der Waals surface area contributed by atoms with Gasteiger partial charge in [0.15, 0.2) is 0 Å². The molecule has 1 aromatic carbocycles. The Bertz CT molecular complexity index is 643. The summed E-state index contributed by atoms with van der Waals surface area (Å²) in [4.78, 5) is 22.1. The average molecular weight is 315 g/mol. The molecule has 0 saturated heterocycles. The number of methoxy groups -OCH3 is 1. The number of amides is 1. The number of hydrogen-bond donors (Lipinski definition) is 2. The van der Waals surface area contributed by atoms with Gasteiger partial charge < -0.3 is 20.3 Å². The minimum Gasteiger partial charge on any atom is -0.383 e. The lowest BCUT2D eigenvalue weighted by Crippen LogP contribution is -2.27. The number of benzene rings is 1. The van der Waals surface area contributed by atoms with Crippen molar-refractivity contribution in [2.75, 3.05) is 44.6 Å². The Morgan fingerprint density at radius 2 is 1.96 bits per heavy atom. The van der Waals surface area contributed by atoms with Crippen molar-refractivity contribution in [2.24, 2.45) is 0 Å². The van der Waals surface area contributed by atoms with Gasteiger partial charge in [-0.15, -0.1) is 0 Å². The maximum atomic E-state index is 12.0. The lowest BCUT2D eigenvalue weighted by Gasteiger charge is -2.13. The summed E-state index contributed by atoms with van der Waals surface area (Å²) in [6, 6.07) is 9.53. The van der Waals surface area contributed by atoms with Crippen LogP contribution in [0.5, 0.6) is 0 Å². The van der Waals surface area contributed by atoms with E-state index in [2.05, 4.69) is 20.6 Å². The fourth-order valence-corrected chi connectivity index (χ4v) is 1.90. The van der Waals surface area contributed by atoms with Crippen LogP contribution < -0.4 is 15.5 Å². The molecule has 0 aliphatic heterocycles. The number of carbonyl (C=O) groups excluding carboxylic acids is 1. The van der Waals surface area contributed by atoms with E-state index in [1.807, 2.05) is 43.3 Å². The molecule has 0 unspecified atom stereocenters. The largest absolute Gasteiger partial charge is 0.383 e. The summed E-state index contributed by atoms with van der Waals surface area (Å²) in [5.41, 5.74) is 2.31. The molecular formula is C16H21N5O2. The van der Waals surface area contributed by atoms with E-state index in [1.165, 1.54) is 6.33 Å². The zero-order chi connectivity index (χ0) is 16.7. The van der Waals surface area contributed by atoms with Gasteiger partial charge in [-0.2, -0.15) is 0 Å². The van der Waals surface area contributed by atoms with E-state index in [0.29, 0.717) is 24.7 Å².